The first-order chi connectivity index (χ1) is 10.2. The van der Waals surface area contributed by atoms with Crippen molar-refractivity contribution in [2.75, 3.05) is 32.8 Å². The van der Waals surface area contributed by atoms with Gasteiger partial charge in [0.05, 0.1) is 6.61 Å². The lowest BCUT2D eigenvalue weighted by atomic mass is 10.2. The fourth-order valence-electron chi connectivity index (χ4n) is 1.94. The van der Waals surface area contributed by atoms with Crippen molar-refractivity contribution in [2.24, 2.45) is 0 Å². The van der Waals surface area contributed by atoms with Crippen LogP contribution in [0.15, 0.2) is 28.7 Å². The summed E-state index contributed by atoms with van der Waals surface area (Å²) < 4.78 is 6.19. The van der Waals surface area contributed by atoms with Crippen molar-refractivity contribution in [3.05, 3.63) is 34.3 Å². The molecule has 3 N–H and O–H groups in total. The van der Waals surface area contributed by atoms with Gasteiger partial charge in [-0.2, -0.15) is 0 Å². The van der Waals surface area contributed by atoms with Gasteiger partial charge in [0.15, 0.2) is 0 Å². The van der Waals surface area contributed by atoms with Gasteiger partial charge < -0.3 is 20.7 Å². The van der Waals surface area contributed by atoms with Crippen LogP contribution in [0.25, 0.3) is 0 Å². The van der Waals surface area contributed by atoms with E-state index in [0.29, 0.717) is 31.8 Å². The van der Waals surface area contributed by atoms with E-state index in [4.69, 9.17) is 4.74 Å². The van der Waals surface area contributed by atoms with Crippen LogP contribution >= 0.6 is 28.3 Å². The highest BCUT2D eigenvalue weighted by atomic mass is 79.9. The number of carbonyl (C=O) groups is 2. The Morgan fingerprint density at radius 1 is 1.32 bits per heavy atom. The maximum atomic E-state index is 11.9. The SMILES string of the molecule is Cl.O=C(NCCNC(=O)C1CNCCO1)c1cccc(Br)c1. The topological polar surface area (TPSA) is 79.5 Å². The molecular weight excluding hydrogens is 374 g/mol. The third-order valence-corrected chi connectivity index (χ3v) is 3.51. The van der Waals surface area contributed by atoms with Crippen molar-refractivity contribution in [2.45, 2.75) is 6.10 Å². The van der Waals surface area contributed by atoms with Gasteiger partial charge in [-0.25, -0.2) is 0 Å². The van der Waals surface area contributed by atoms with Gasteiger partial charge in [-0.3, -0.25) is 9.59 Å². The Bertz CT molecular complexity index is 510. The summed E-state index contributed by atoms with van der Waals surface area (Å²) >= 11 is 3.32. The number of hydrogen-bond donors (Lipinski definition) is 3. The first-order valence-electron chi connectivity index (χ1n) is 6.80. The van der Waals surface area contributed by atoms with Crippen LogP contribution in [0.5, 0.6) is 0 Å². The molecular formula is C14H19BrClN3O3. The zero-order valence-corrected chi connectivity index (χ0v) is 14.3. The van der Waals surface area contributed by atoms with Crippen LogP contribution in [0.3, 0.4) is 0 Å². The highest BCUT2D eigenvalue weighted by Crippen LogP contribution is 2.11. The van der Waals surface area contributed by atoms with Gasteiger partial charge in [-0.15, -0.1) is 12.4 Å². The van der Waals surface area contributed by atoms with E-state index in [1.807, 2.05) is 6.07 Å². The fourth-order valence-corrected chi connectivity index (χ4v) is 2.34. The van der Waals surface area contributed by atoms with E-state index in [9.17, 15) is 9.59 Å². The van der Waals surface area contributed by atoms with Crippen molar-refractivity contribution >= 4 is 40.2 Å². The molecule has 1 heterocycles. The van der Waals surface area contributed by atoms with Crippen molar-refractivity contribution in [3.63, 3.8) is 0 Å². The zero-order valence-electron chi connectivity index (χ0n) is 11.9. The van der Waals surface area contributed by atoms with Crippen molar-refractivity contribution in [1.29, 1.82) is 0 Å². The predicted molar refractivity (Wildman–Crippen MR) is 89.3 cm³/mol. The molecule has 122 valence electrons. The zero-order chi connectivity index (χ0) is 15.1. The molecule has 0 aliphatic carbocycles. The molecule has 0 radical (unpaired) electrons. The maximum Gasteiger partial charge on any atom is 0.251 e. The van der Waals surface area contributed by atoms with Crippen LogP contribution in [-0.2, 0) is 9.53 Å². The minimum absolute atomic E-state index is 0. The molecule has 0 aromatic heterocycles. The molecule has 1 aliphatic rings. The molecule has 1 unspecified atom stereocenters. The van der Waals surface area contributed by atoms with E-state index in [0.717, 1.165) is 11.0 Å². The van der Waals surface area contributed by atoms with Crippen LogP contribution in [0.1, 0.15) is 10.4 Å². The average Bonchev–Trinajstić information content (AvgIpc) is 2.52. The second-order valence-electron chi connectivity index (χ2n) is 4.62. The van der Waals surface area contributed by atoms with Crippen molar-refractivity contribution < 1.29 is 14.3 Å². The second kappa shape index (κ2) is 9.78. The minimum Gasteiger partial charge on any atom is -0.366 e. The van der Waals surface area contributed by atoms with Crippen LogP contribution in [0.2, 0.25) is 0 Å². The summed E-state index contributed by atoms with van der Waals surface area (Å²) in [5.41, 5.74) is 0.579. The summed E-state index contributed by atoms with van der Waals surface area (Å²) in [6, 6.07) is 7.14. The molecule has 2 rings (SSSR count). The quantitative estimate of drug-likeness (QED) is 0.645. The van der Waals surface area contributed by atoms with Gasteiger partial charge in [-0.05, 0) is 18.2 Å². The lowest BCUT2D eigenvalue weighted by molar-refractivity contribution is -0.134. The lowest BCUT2D eigenvalue weighted by Crippen LogP contribution is -2.49. The molecule has 1 aromatic carbocycles. The smallest absolute Gasteiger partial charge is 0.251 e. The standard InChI is InChI=1S/C14H18BrN3O3.ClH/c15-11-3-1-2-10(8-11)13(19)17-4-5-18-14(20)12-9-16-6-7-21-12;/h1-3,8,12,16H,4-7,9H2,(H,17,19)(H,18,20);1H. The van der Waals surface area contributed by atoms with Crippen molar-refractivity contribution in [1.82, 2.24) is 16.0 Å². The van der Waals surface area contributed by atoms with E-state index in [-0.39, 0.29) is 24.2 Å². The molecule has 1 fully saturated rings. The van der Waals surface area contributed by atoms with Crippen LogP contribution < -0.4 is 16.0 Å². The largest absolute Gasteiger partial charge is 0.366 e. The van der Waals surface area contributed by atoms with Crippen LogP contribution in [0, 0.1) is 0 Å². The summed E-state index contributed by atoms with van der Waals surface area (Å²) in [4.78, 5) is 23.6. The fraction of sp³-hybridized carbons (Fsp3) is 0.429. The van der Waals surface area contributed by atoms with Gasteiger partial charge in [0.2, 0.25) is 0 Å². The first kappa shape index (κ1) is 18.9. The van der Waals surface area contributed by atoms with Gasteiger partial charge in [0.1, 0.15) is 6.10 Å². The van der Waals surface area contributed by atoms with E-state index >= 15 is 0 Å². The highest BCUT2D eigenvalue weighted by Gasteiger charge is 2.20. The number of carbonyl (C=O) groups excluding carboxylic acids is 2. The Morgan fingerprint density at radius 3 is 2.77 bits per heavy atom. The average molecular weight is 393 g/mol. The Kier molecular flexibility index (Phi) is 8.40. The molecule has 1 aromatic rings. The number of rotatable bonds is 5. The Hall–Kier alpha value is -1.15. The molecule has 22 heavy (non-hydrogen) atoms. The van der Waals surface area contributed by atoms with Crippen LogP contribution in [-0.4, -0.2) is 50.7 Å². The number of hydrogen-bond acceptors (Lipinski definition) is 4. The summed E-state index contributed by atoms with van der Waals surface area (Å²) in [6.07, 6.45) is -0.445. The maximum absolute atomic E-state index is 11.9. The summed E-state index contributed by atoms with van der Waals surface area (Å²) in [5, 5.41) is 8.59. The Balaban J connectivity index is 0.00000242. The number of benzene rings is 1. The van der Waals surface area contributed by atoms with Gasteiger partial charge in [0.25, 0.3) is 11.8 Å². The number of amides is 2. The van der Waals surface area contributed by atoms with E-state index in [1.54, 1.807) is 18.2 Å². The van der Waals surface area contributed by atoms with Crippen LogP contribution in [0.4, 0.5) is 0 Å². The van der Waals surface area contributed by atoms with E-state index in [2.05, 4.69) is 31.9 Å². The second-order valence-corrected chi connectivity index (χ2v) is 5.54. The van der Waals surface area contributed by atoms with Gasteiger partial charge in [-0.1, -0.05) is 22.0 Å². The van der Waals surface area contributed by atoms with E-state index in [1.165, 1.54) is 0 Å². The number of ether oxygens (including phenoxy) is 1. The van der Waals surface area contributed by atoms with Gasteiger partial charge >= 0.3 is 0 Å². The third-order valence-electron chi connectivity index (χ3n) is 3.02. The Morgan fingerprint density at radius 2 is 2.09 bits per heavy atom. The Labute approximate surface area is 143 Å². The third kappa shape index (κ3) is 5.92. The number of nitrogens with one attached hydrogen (secondary N) is 3. The molecule has 6 nitrogen and oxygen atoms in total. The monoisotopic (exact) mass is 391 g/mol. The molecule has 1 aliphatic heterocycles. The summed E-state index contributed by atoms with van der Waals surface area (Å²) in [7, 11) is 0. The number of halogens is 2. The predicted octanol–water partition coefficient (Wildman–Crippen LogP) is 0.705. The summed E-state index contributed by atoms with van der Waals surface area (Å²) in [5.74, 6) is -0.319. The molecule has 0 spiro atoms. The normalized spacial score (nSPS) is 17.2. The highest BCUT2D eigenvalue weighted by molar-refractivity contribution is 9.10. The summed E-state index contributed by atoms with van der Waals surface area (Å²) in [6.45, 7) is 2.58. The molecule has 1 atom stereocenters. The first-order valence-corrected chi connectivity index (χ1v) is 7.60. The molecule has 2 amide bonds. The lowest BCUT2D eigenvalue weighted by Gasteiger charge is -2.22. The molecule has 8 heteroatoms. The molecule has 0 saturated carbocycles. The molecule has 1 saturated heterocycles. The number of morpholine rings is 1. The van der Waals surface area contributed by atoms with E-state index < -0.39 is 6.10 Å². The van der Waals surface area contributed by atoms with Gasteiger partial charge in [0, 0.05) is 36.2 Å². The minimum atomic E-state index is -0.445. The van der Waals surface area contributed by atoms with Crippen molar-refractivity contribution in [3.8, 4) is 0 Å². The molecule has 0 bridgehead atoms.